The normalized spacial score (nSPS) is 15.6. The van der Waals surface area contributed by atoms with Crippen LogP contribution in [0.25, 0.3) is 10.6 Å². The van der Waals surface area contributed by atoms with Crippen LogP contribution >= 0.6 is 22.9 Å². The van der Waals surface area contributed by atoms with Crippen LogP contribution in [0, 0.1) is 6.92 Å². The number of carbonyl (C=O) groups excluding carboxylic acids is 1. The second-order valence-electron chi connectivity index (χ2n) is 6.15. The van der Waals surface area contributed by atoms with E-state index in [1.54, 1.807) is 0 Å². The Bertz CT molecular complexity index is 690. The van der Waals surface area contributed by atoms with Crippen LogP contribution in [0.4, 0.5) is 0 Å². The van der Waals surface area contributed by atoms with Gasteiger partial charge in [-0.3, -0.25) is 4.79 Å². The van der Waals surface area contributed by atoms with Crippen molar-refractivity contribution in [3.05, 3.63) is 39.9 Å². The van der Waals surface area contributed by atoms with E-state index in [2.05, 4.69) is 4.98 Å². The van der Waals surface area contributed by atoms with Gasteiger partial charge in [-0.05, 0) is 31.9 Å². The van der Waals surface area contributed by atoms with E-state index in [1.807, 2.05) is 43.1 Å². The van der Waals surface area contributed by atoms with E-state index in [9.17, 15) is 4.79 Å². The molecule has 1 heterocycles. The molecule has 122 valence electrons. The van der Waals surface area contributed by atoms with Crippen LogP contribution in [0.2, 0.25) is 5.02 Å². The lowest BCUT2D eigenvalue weighted by atomic mass is 9.94. The van der Waals surface area contributed by atoms with Crippen molar-refractivity contribution in [1.29, 1.82) is 0 Å². The third-order valence-corrected chi connectivity index (χ3v) is 5.97. The molecule has 1 fully saturated rings. The van der Waals surface area contributed by atoms with Gasteiger partial charge in [0.2, 0.25) is 0 Å². The van der Waals surface area contributed by atoms with Crippen molar-refractivity contribution in [2.45, 2.75) is 45.1 Å². The van der Waals surface area contributed by atoms with Gasteiger partial charge < -0.3 is 4.90 Å². The Labute approximate surface area is 146 Å². The summed E-state index contributed by atoms with van der Waals surface area (Å²) in [7, 11) is 1.93. The van der Waals surface area contributed by atoms with Crippen LogP contribution in [-0.2, 0) is 0 Å². The van der Waals surface area contributed by atoms with Gasteiger partial charge in [0.15, 0.2) is 0 Å². The summed E-state index contributed by atoms with van der Waals surface area (Å²) in [4.78, 5) is 20.1. The van der Waals surface area contributed by atoms with E-state index in [1.165, 1.54) is 30.6 Å². The zero-order chi connectivity index (χ0) is 16.4. The number of rotatable bonds is 3. The Kier molecular flexibility index (Phi) is 5.02. The van der Waals surface area contributed by atoms with E-state index >= 15 is 0 Å². The third-order valence-electron chi connectivity index (χ3n) is 4.52. The highest BCUT2D eigenvalue weighted by Gasteiger charge is 2.26. The number of carbonyl (C=O) groups is 1. The van der Waals surface area contributed by atoms with Gasteiger partial charge in [0.05, 0.1) is 5.69 Å². The summed E-state index contributed by atoms with van der Waals surface area (Å²) in [6, 6.07) is 7.96. The topological polar surface area (TPSA) is 33.2 Å². The zero-order valence-corrected chi connectivity index (χ0v) is 15.1. The second-order valence-corrected chi connectivity index (χ2v) is 7.58. The fraction of sp³-hybridized carbons (Fsp3) is 0.444. The summed E-state index contributed by atoms with van der Waals surface area (Å²) in [5.74, 6) is 0.104. The Morgan fingerprint density at radius 3 is 2.52 bits per heavy atom. The minimum absolute atomic E-state index is 0.104. The van der Waals surface area contributed by atoms with E-state index in [0.717, 1.165) is 34.0 Å². The van der Waals surface area contributed by atoms with Crippen molar-refractivity contribution >= 4 is 28.8 Å². The number of nitrogens with zero attached hydrogens (tertiary/aromatic N) is 2. The predicted molar refractivity (Wildman–Crippen MR) is 96.3 cm³/mol. The number of aryl methyl sites for hydroxylation is 1. The van der Waals surface area contributed by atoms with Crippen molar-refractivity contribution in [1.82, 2.24) is 9.88 Å². The first-order valence-electron chi connectivity index (χ1n) is 8.07. The maximum absolute atomic E-state index is 12.8. The molecular formula is C18H21ClN2OS. The van der Waals surface area contributed by atoms with Crippen molar-refractivity contribution < 1.29 is 4.79 Å². The molecule has 3 rings (SSSR count). The molecule has 1 aromatic heterocycles. The molecule has 0 unspecified atom stereocenters. The molecule has 0 saturated heterocycles. The SMILES string of the molecule is Cc1nc(-c2ccc(Cl)cc2)sc1C(=O)N(C)C1CCCCC1. The van der Waals surface area contributed by atoms with Crippen LogP contribution in [0.5, 0.6) is 0 Å². The number of benzene rings is 1. The first kappa shape index (κ1) is 16.5. The van der Waals surface area contributed by atoms with Crippen molar-refractivity contribution in [3.8, 4) is 10.6 Å². The highest BCUT2D eigenvalue weighted by Crippen LogP contribution is 2.31. The van der Waals surface area contributed by atoms with Gasteiger partial charge >= 0.3 is 0 Å². The maximum Gasteiger partial charge on any atom is 0.265 e. The molecule has 1 saturated carbocycles. The lowest BCUT2D eigenvalue weighted by Crippen LogP contribution is -2.38. The highest BCUT2D eigenvalue weighted by atomic mass is 35.5. The lowest BCUT2D eigenvalue weighted by Gasteiger charge is -2.31. The Morgan fingerprint density at radius 1 is 1.22 bits per heavy atom. The van der Waals surface area contributed by atoms with Crippen LogP contribution in [0.1, 0.15) is 47.5 Å². The van der Waals surface area contributed by atoms with Gasteiger partial charge in [0.25, 0.3) is 5.91 Å². The molecule has 1 amide bonds. The average Bonchev–Trinajstić information content (AvgIpc) is 2.96. The number of aromatic nitrogens is 1. The van der Waals surface area contributed by atoms with E-state index in [-0.39, 0.29) is 5.91 Å². The second kappa shape index (κ2) is 7.02. The molecule has 0 bridgehead atoms. The predicted octanol–water partition coefficient (Wildman–Crippen LogP) is 5.18. The van der Waals surface area contributed by atoms with Crippen molar-refractivity contribution in [2.24, 2.45) is 0 Å². The molecule has 0 aliphatic heterocycles. The third kappa shape index (κ3) is 3.59. The van der Waals surface area contributed by atoms with E-state index in [0.29, 0.717) is 11.1 Å². The fourth-order valence-electron chi connectivity index (χ4n) is 3.11. The van der Waals surface area contributed by atoms with E-state index < -0.39 is 0 Å². The summed E-state index contributed by atoms with van der Waals surface area (Å²) in [6.07, 6.45) is 5.97. The molecule has 5 heteroatoms. The van der Waals surface area contributed by atoms with Gasteiger partial charge in [-0.25, -0.2) is 4.98 Å². The molecule has 1 aliphatic carbocycles. The Morgan fingerprint density at radius 2 is 1.87 bits per heavy atom. The van der Waals surface area contributed by atoms with Gasteiger partial charge in [0, 0.05) is 23.7 Å². The summed E-state index contributed by atoms with van der Waals surface area (Å²) in [5, 5.41) is 1.58. The number of hydrogen-bond donors (Lipinski definition) is 0. The summed E-state index contributed by atoms with van der Waals surface area (Å²) in [6.45, 7) is 1.91. The molecule has 23 heavy (non-hydrogen) atoms. The summed E-state index contributed by atoms with van der Waals surface area (Å²) >= 11 is 7.41. The maximum atomic E-state index is 12.8. The smallest absolute Gasteiger partial charge is 0.265 e. The molecular weight excluding hydrogens is 328 g/mol. The Balaban J connectivity index is 1.82. The van der Waals surface area contributed by atoms with Gasteiger partial charge in [-0.1, -0.05) is 43.0 Å². The summed E-state index contributed by atoms with van der Waals surface area (Å²) < 4.78 is 0. The molecule has 0 spiro atoms. The lowest BCUT2D eigenvalue weighted by molar-refractivity contribution is 0.0700. The summed E-state index contributed by atoms with van der Waals surface area (Å²) in [5.41, 5.74) is 1.81. The fourth-order valence-corrected chi connectivity index (χ4v) is 4.29. The largest absolute Gasteiger partial charge is 0.338 e. The van der Waals surface area contributed by atoms with Crippen molar-refractivity contribution in [3.63, 3.8) is 0 Å². The van der Waals surface area contributed by atoms with E-state index in [4.69, 9.17) is 11.6 Å². The first-order valence-corrected chi connectivity index (χ1v) is 9.26. The van der Waals surface area contributed by atoms with Crippen LogP contribution in [0.15, 0.2) is 24.3 Å². The number of hydrogen-bond acceptors (Lipinski definition) is 3. The Hall–Kier alpha value is -1.39. The first-order chi connectivity index (χ1) is 11.1. The number of thiazole rings is 1. The number of halogens is 1. The van der Waals surface area contributed by atoms with Gasteiger partial charge in [0.1, 0.15) is 9.88 Å². The van der Waals surface area contributed by atoms with Gasteiger partial charge in [-0.15, -0.1) is 11.3 Å². The minimum atomic E-state index is 0.104. The van der Waals surface area contributed by atoms with Crippen LogP contribution < -0.4 is 0 Å². The average molecular weight is 349 g/mol. The quantitative estimate of drug-likeness (QED) is 0.766. The zero-order valence-electron chi connectivity index (χ0n) is 13.5. The molecule has 1 aliphatic rings. The number of amides is 1. The molecule has 0 N–H and O–H groups in total. The standard InChI is InChI=1S/C18H21ClN2OS/c1-12-16(18(22)21(2)15-6-4-3-5-7-15)23-17(20-12)13-8-10-14(19)11-9-13/h8-11,15H,3-7H2,1-2H3. The van der Waals surface area contributed by atoms with Crippen LogP contribution in [-0.4, -0.2) is 28.9 Å². The molecule has 1 aromatic carbocycles. The van der Waals surface area contributed by atoms with Crippen molar-refractivity contribution in [2.75, 3.05) is 7.05 Å². The molecule has 0 atom stereocenters. The minimum Gasteiger partial charge on any atom is -0.338 e. The monoisotopic (exact) mass is 348 g/mol. The van der Waals surface area contributed by atoms with Gasteiger partial charge in [-0.2, -0.15) is 0 Å². The molecule has 3 nitrogen and oxygen atoms in total. The van der Waals surface area contributed by atoms with Crippen LogP contribution in [0.3, 0.4) is 0 Å². The highest BCUT2D eigenvalue weighted by molar-refractivity contribution is 7.17. The molecule has 0 radical (unpaired) electrons. The molecule has 2 aromatic rings.